The van der Waals surface area contributed by atoms with Crippen molar-refractivity contribution in [1.29, 1.82) is 0 Å². The molecule has 0 saturated carbocycles. The van der Waals surface area contributed by atoms with Gasteiger partial charge in [0.1, 0.15) is 5.82 Å². The third-order valence-electron chi connectivity index (χ3n) is 2.29. The number of nitrogens with two attached hydrogens (primary N) is 1. The standard InChI is InChI=1S/C11H19N3O/c1-7-9(11(2,3)4)13-8(5-6-12)14-10(7)15/h5-6,12H2,1-4H3,(H,13,14,15). The lowest BCUT2D eigenvalue weighted by molar-refractivity contribution is 0.554. The average Bonchev–Trinajstić information content (AvgIpc) is 2.09. The van der Waals surface area contributed by atoms with Gasteiger partial charge in [-0.15, -0.1) is 0 Å². The van der Waals surface area contributed by atoms with Crippen LogP contribution in [0.1, 0.15) is 37.9 Å². The van der Waals surface area contributed by atoms with Crippen molar-refractivity contribution in [3.8, 4) is 0 Å². The van der Waals surface area contributed by atoms with Crippen molar-refractivity contribution in [2.45, 2.75) is 39.5 Å². The van der Waals surface area contributed by atoms with Crippen LogP contribution in [-0.2, 0) is 11.8 Å². The molecule has 1 heterocycles. The summed E-state index contributed by atoms with van der Waals surface area (Å²) in [5.74, 6) is 0.679. The van der Waals surface area contributed by atoms with Crippen LogP contribution in [0.5, 0.6) is 0 Å². The molecule has 0 amide bonds. The van der Waals surface area contributed by atoms with E-state index in [1.807, 2.05) is 20.8 Å². The number of nitrogens with one attached hydrogen (secondary N) is 1. The Kier molecular flexibility index (Phi) is 3.29. The first-order valence-electron chi connectivity index (χ1n) is 5.16. The monoisotopic (exact) mass is 209 g/mol. The maximum atomic E-state index is 11.6. The summed E-state index contributed by atoms with van der Waals surface area (Å²) in [5.41, 5.74) is 6.83. The summed E-state index contributed by atoms with van der Waals surface area (Å²) in [4.78, 5) is 18.8. The average molecular weight is 209 g/mol. The summed E-state index contributed by atoms with van der Waals surface area (Å²) in [6.45, 7) is 8.45. The molecule has 4 heteroatoms. The van der Waals surface area contributed by atoms with Gasteiger partial charge in [0.05, 0.1) is 5.69 Å². The van der Waals surface area contributed by atoms with Crippen molar-refractivity contribution in [3.63, 3.8) is 0 Å². The van der Waals surface area contributed by atoms with E-state index >= 15 is 0 Å². The predicted molar refractivity (Wildman–Crippen MR) is 61.1 cm³/mol. The quantitative estimate of drug-likeness (QED) is 0.759. The molecule has 0 saturated heterocycles. The second kappa shape index (κ2) is 4.14. The molecule has 0 spiro atoms. The van der Waals surface area contributed by atoms with Gasteiger partial charge in [0.15, 0.2) is 0 Å². The largest absolute Gasteiger partial charge is 0.330 e. The van der Waals surface area contributed by atoms with Crippen molar-refractivity contribution in [1.82, 2.24) is 9.97 Å². The van der Waals surface area contributed by atoms with Gasteiger partial charge in [-0.25, -0.2) is 4.98 Å². The Morgan fingerprint density at radius 1 is 1.40 bits per heavy atom. The van der Waals surface area contributed by atoms with Gasteiger partial charge in [0, 0.05) is 17.4 Å². The van der Waals surface area contributed by atoms with Crippen LogP contribution in [0.4, 0.5) is 0 Å². The number of aromatic nitrogens is 2. The smallest absolute Gasteiger partial charge is 0.254 e. The normalized spacial score (nSPS) is 11.8. The summed E-state index contributed by atoms with van der Waals surface area (Å²) < 4.78 is 0. The van der Waals surface area contributed by atoms with E-state index in [4.69, 9.17) is 5.73 Å². The molecule has 1 rings (SSSR count). The molecule has 84 valence electrons. The number of H-pyrrole nitrogens is 1. The zero-order valence-corrected chi connectivity index (χ0v) is 9.85. The Morgan fingerprint density at radius 2 is 2.00 bits per heavy atom. The van der Waals surface area contributed by atoms with Gasteiger partial charge < -0.3 is 10.7 Å². The highest BCUT2D eigenvalue weighted by Gasteiger charge is 2.20. The fourth-order valence-corrected chi connectivity index (χ4v) is 1.56. The topological polar surface area (TPSA) is 71.8 Å². The molecule has 1 aromatic heterocycles. The Morgan fingerprint density at radius 3 is 2.47 bits per heavy atom. The van der Waals surface area contributed by atoms with E-state index in [0.29, 0.717) is 24.4 Å². The summed E-state index contributed by atoms with van der Waals surface area (Å²) >= 11 is 0. The van der Waals surface area contributed by atoms with E-state index in [1.54, 1.807) is 6.92 Å². The molecule has 0 unspecified atom stereocenters. The van der Waals surface area contributed by atoms with Gasteiger partial charge in [-0.1, -0.05) is 20.8 Å². The first-order chi connectivity index (χ1) is 6.86. The first kappa shape index (κ1) is 11.9. The van der Waals surface area contributed by atoms with Gasteiger partial charge in [0.2, 0.25) is 0 Å². The van der Waals surface area contributed by atoms with Crippen LogP contribution < -0.4 is 11.3 Å². The molecule has 1 aromatic rings. The molecule has 0 atom stereocenters. The molecule has 3 N–H and O–H groups in total. The third kappa shape index (κ3) is 2.65. The number of aromatic amines is 1. The zero-order chi connectivity index (χ0) is 11.6. The SMILES string of the molecule is Cc1c(C(C)(C)C)nc(CCN)[nH]c1=O. The van der Waals surface area contributed by atoms with E-state index in [2.05, 4.69) is 9.97 Å². The lowest BCUT2D eigenvalue weighted by Gasteiger charge is -2.20. The third-order valence-corrected chi connectivity index (χ3v) is 2.29. The highest BCUT2D eigenvalue weighted by molar-refractivity contribution is 5.23. The van der Waals surface area contributed by atoms with Crippen molar-refractivity contribution in [2.75, 3.05) is 6.54 Å². The minimum atomic E-state index is -0.109. The second-order valence-electron chi connectivity index (χ2n) is 4.77. The van der Waals surface area contributed by atoms with Crippen LogP contribution in [0.3, 0.4) is 0 Å². The van der Waals surface area contributed by atoms with Crippen LogP contribution in [0.25, 0.3) is 0 Å². The Labute approximate surface area is 89.9 Å². The maximum Gasteiger partial charge on any atom is 0.254 e. The van der Waals surface area contributed by atoms with Crippen LogP contribution in [0.2, 0.25) is 0 Å². The fraction of sp³-hybridized carbons (Fsp3) is 0.636. The molecule has 0 aliphatic carbocycles. The van der Waals surface area contributed by atoms with Gasteiger partial charge >= 0.3 is 0 Å². The Balaban J connectivity index is 3.32. The predicted octanol–water partition coefficient (Wildman–Crippen LogP) is 0.877. The minimum absolute atomic E-state index is 0.0571. The molecule has 15 heavy (non-hydrogen) atoms. The number of hydrogen-bond donors (Lipinski definition) is 2. The Hall–Kier alpha value is -1.16. The molecule has 0 fully saturated rings. The van der Waals surface area contributed by atoms with Crippen LogP contribution >= 0.6 is 0 Å². The number of nitrogens with zero attached hydrogens (tertiary/aromatic N) is 1. The molecule has 0 radical (unpaired) electrons. The fourth-order valence-electron chi connectivity index (χ4n) is 1.56. The van der Waals surface area contributed by atoms with Crippen LogP contribution in [-0.4, -0.2) is 16.5 Å². The lowest BCUT2D eigenvalue weighted by atomic mass is 9.89. The highest BCUT2D eigenvalue weighted by atomic mass is 16.1. The van der Waals surface area contributed by atoms with Gasteiger partial charge in [-0.3, -0.25) is 4.79 Å². The van der Waals surface area contributed by atoms with E-state index in [0.717, 1.165) is 5.69 Å². The van der Waals surface area contributed by atoms with E-state index in [-0.39, 0.29) is 11.0 Å². The summed E-state index contributed by atoms with van der Waals surface area (Å²) in [5, 5.41) is 0. The van der Waals surface area contributed by atoms with Crippen molar-refractivity contribution in [2.24, 2.45) is 5.73 Å². The lowest BCUT2D eigenvalue weighted by Crippen LogP contribution is -2.26. The van der Waals surface area contributed by atoms with Crippen molar-refractivity contribution < 1.29 is 0 Å². The van der Waals surface area contributed by atoms with E-state index < -0.39 is 0 Å². The molecule has 4 nitrogen and oxygen atoms in total. The van der Waals surface area contributed by atoms with Gasteiger partial charge in [-0.05, 0) is 13.5 Å². The first-order valence-corrected chi connectivity index (χ1v) is 5.16. The summed E-state index contributed by atoms with van der Waals surface area (Å²) in [6, 6.07) is 0. The van der Waals surface area contributed by atoms with Gasteiger partial charge in [0.25, 0.3) is 5.56 Å². The summed E-state index contributed by atoms with van der Waals surface area (Å²) in [6.07, 6.45) is 0.610. The van der Waals surface area contributed by atoms with Crippen LogP contribution in [0.15, 0.2) is 4.79 Å². The Bertz CT molecular complexity index is 401. The van der Waals surface area contributed by atoms with Gasteiger partial charge in [-0.2, -0.15) is 0 Å². The van der Waals surface area contributed by atoms with Crippen molar-refractivity contribution in [3.05, 3.63) is 27.4 Å². The zero-order valence-electron chi connectivity index (χ0n) is 9.85. The number of hydrogen-bond acceptors (Lipinski definition) is 3. The van der Waals surface area contributed by atoms with E-state index in [1.165, 1.54) is 0 Å². The second-order valence-corrected chi connectivity index (χ2v) is 4.77. The molecule has 0 bridgehead atoms. The van der Waals surface area contributed by atoms with Crippen molar-refractivity contribution >= 4 is 0 Å². The van der Waals surface area contributed by atoms with E-state index in [9.17, 15) is 4.79 Å². The molecule has 0 aliphatic heterocycles. The number of rotatable bonds is 2. The molecule has 0 aliphatic rings. The maximum absolute atomic E-state index is 11.6. The van der Waals surface area contributed by atoms with Crippen LogP contribution in [0, 0.1) is 6.92 Å². The minimum Gasteiger partial charge on any atom is -0.330 e. The molecular formula is C11H19N3O. The molecular weight excluding hydrogens is 190 g/mol. The summed E-state index contributed by atoms with van der Waals surface area (Å²) in [7, 11) is 0. The highest BCUT2D eigenvalue weighted by Crippen LogP contribution is 2.21. The molecule has 0 aromatic carbocycles.